The number of rotatable bonds is 5. The Kier molecular flexibility index (Phi) is 6.45. The van der Waals surface area contributed by atoms with Crippen molar-refractivity contribution in [2.24, 2.45) is 0 Å². The van der Waals surface area contributed by atoms with Crippen LogP contribution < -0.4 is 5.32 Å². The van der Waals surface area contributed by atoms with Crippen molar-refractivity contribution in [3.63, 3.8) is 0 Å². The van der Waals surface area contributed by atoms with Gasteiger partial charge in [-0.1, -0.05) is 17.7 Å². The van der Waals surface area contributed by atoms with Crippen LogP contribution in [0.25, 0.3) is 0 Å². The summed E-state index contributed by atoms with van der Waals surface area (Å²) in [6.45, 7) is 10.6. The Hall–Kier alpha value is -1.10. The van der Waals surface area contributed by atoms with E-state index in [-0.39, 0.29) is 11.9 Å². The molecule has 0 aliphatic carbocycles. The molecule has 0 aromatic heterocycles. The molecule has 0 unspecified atom stereocenters. The van der Waals surface area contributed by atoms with E-state index in [4.69, 9.17) is 11.6 Å². The normalized spacial score (nSPS) is 18.2. The average molecular weight is 338 g/mol. The summed E-state index contributed by atoms with van der Waals surface area (Å²) in [7, 11) is 1.70. The van der Waals surface area contributed by atoms with Crippen molar-refractivity contribution in [2.45, 2.75) is 39.3 Å². The van der Waals surface area contributed by atoms with Crippen molar-refractivity contribution < 1.29 is 4.79 Å². The van der Waals surface area contributed by atoms with Crippen molar-refractivity contribution in [2.75, 3.05) is 33.2 Å². The second-order valence-electron chi connectivity index (χ2n) is 6.56. The predicted molar refractivity (Wildman–Crippen MR) is 95.9 cm³/mol. The standard InChI is InChI=1S/C18H28ClN3O/c1-13(2)21-7-9-22(10-8-21)17(12-18(23)20-4)16-11-15(19)6-5-14(16)3/h5-6,11,13,17H,7-10,12H2,1-4H3,(H,20,23)/t17-/m0/s1. The van der Waals surface area contributed by atoms with E-state index in [1.165, 1.54) is 11.1 Å². The summed E-state index contributed by atoms with van der Waals surface area (Å²) in [5, 5.41) is 3.49. The maximum atomic E-state index is 12.0. The Bertz CT molecular complexity index is 539. The minimum absolute atomic E-state index is 0.0701. The number of nitrogens with zero attached hydrogens (tertiary/aromatic N) is 2. The van der Waals surface area contributed by atoms with Crippen molar-refractivity contribution in [3.05, 3.63) is 34.3 Å². The fraction of sp³-hybridized carbons (Fsp3) is 0.611. The van der Waals surface area contributed by atoms with Gasteiger partial charge in [0.15, 0.2) is 0 Å². The molecule has 128 valence electrons. The molecule has 1 amide bonds. The molecule has 1 heterocycles. The number of carbonyl (C=O) groups is 1. The van der Waals surface area contributed by atoms with Gasteiger partial charge in [-0.3, -0.25) is 14.6 Å². The highest BCUT2D eigenvalue weighted by molar-refractivity contribution is 6.30. The summed E-state index contributed by atoms with van der Waals surface area (Å²) in [6.07, 6.45) is 0.472. The number of piperazine rings is 1. The fourth-order valence-electron chi connectivity index (χ4n) is 3.25. The van der Waals surface area contributed by atoms with E-state index >= 15 is 0 Å². The van der Waals surface area contributed by atoms with Crippen molar-refractivity contribution in [1.29, 1.82) is 0 Å². The lowest BCUT2D eigenvalue weighted by molar-refractivity contribution is -0.122. The highest BCUT2D eigenvalue weighted by Crippen LogP contribution is 2.30. The molecule has 0 spiro atoms. The smallest absolute Gasteiger partial charge is 0.221 e. The average Bonchev–Trinajstić information content (AvgIpc) is 2.55. The first-order valence-electron chi connectivity index (χ1n) is 8.37. The van der Waals surface area contributed by atoms with Crippen LogP contribution in [0.2, 0.25) is 5.02 Å². The lowest BCUT2D eigenvalue weighted by atomic mass is 9.96. The topological polar surface area (TPSA) is 35.6 Å². The van der Waals surface area contributed by atoms with E-state index in [9.17, 15) is 4.79 Å². The quantitative estimate of drug-likeness (QED) is 0.897. The molecule has 5 heteroatoms. The summed E-state index contributed by atoms with van der Waals surface area (Å²) in [4.78, 5) is 16.9. The van der Waals surface area contributed by atoms with Crippen LogP contribution in [-0.2, 0) is 4.79 Å². The predicted octanol–water partition coefficient (Wildman–Crippen LogP) is 2.85. The Morgan fingerprint density at radius 2 is 1.83 bits per heavy atom. The molecule has 1 N–H and O–H groups in total. The number of aryl methyl sites for hydroxylation is 1. The third-order valence-electron chi connectivity index (χ3n) is 4.78. The first-order chi connectivity index (χ1) is 10.9. The number of carbonyl (C=O) groups excluding carboxylic acids is 1. The Morgan fingerprint density at radius 3 is 2.39 bits per heavy atom. The maximum absolute atomic E-state index is 12.0. The SMILES string of the molecule is CNC(=O)C[C@@H](c1cc(Cl)ccc1C)N1CCN(C(C)C)CC1. The summed E-state index contributed by atoms with van der Waals surface area (Å²) >= 11 is 6.21. The molecule has 1 fully saturated rings. The van der Waals surface area contributed by atoms with Gasteiger partial charge in [-0.2, -0.15) is 0 Å². The molecule has 4 nitrogen and oxygen atoms in total. The van der Waals surface area contributed by atoms with Gasteiger partial charge in [0.1, 0.15) is 0 Å². The van der Waals surface area contributed by atoms with Crippen LogP contribution in [0.1, 0.15) is 37.4 Å². The van der Waals surface area contributed by atoms with Gasteiger partial charge in [-0.25, -0.2) is 0 Å². The molecule has 0 bridgehead atoms. The number of benzene rings is 1. The number of halogens is 1. The van der Waals surface area contributed by atoms with Crippen molar-refractivity contribution >= 4 is 17.5 Å². The molecular formula is C18H28ClN3O. The monoisotopic (exact) mass is 337 g/mol. The highest BCUT2D eigenvalue weighted by atomic mass is 35.5. The molecule has 1 aromatic carbocycles. The van der Waals surface area contributed by atoms with E-state index in [2.05, 4.69) is 35.9 Å². The van der Waals surface area contributed by atoms with E-state index < -0.39 is 0 Å². The second kappa shape index (κ2) is 8.13. The maximum Gasteiger partial charge on any atom is 0.221 e. The van der Waals surface area contributed by atoms with E-state index in [1.54, 1.807) is 7.05 Å². The molecule has 0 saturated carbocycles. The molecule has 23 heavy (non-hydrogen) atoms. The summed E-state index contributed by atoms with van der Waals surface area (Å²) in [6, 6.07) is 6.62. The lowest BCUT2D eigenvalue weighted by Crippen LogP contribution is -2.50. The second-order valence-corrected chi connectivity index (χ2v) is 7.00. The molecule has 1 saturated heterocycles. The van der Waals surface area contributed by atoms with Gasteiger partial charge in [0.2, 0.25) is 5.91 Å². The first-order valence-corrected chi connectivity index (χ1v) is 8.75. The number of nitrogens with one attached hydrogen (secondary N) is 1. The van der Waals surface area contributed by atoms with Gasteiger partial charge in [0.25, 0.3) is 0 Å². The number of hydrogen-bond acceptors (Lipinski definition) is 3. The zero-order valence-electron chi connectivity index (χ0n) is 14.6. The molecular weight excluding hydrogens is 310 g/mol. The van der Waals surface area contributed by atoms with E-state index in [1.807, 2.05) is 18.2 Å². The molecule has 1 aliphatic rings. The first kappa shape index (κ1) is 18.2. The fourth-order valence-corrected chi connectivity index (χ4v) is 3.43. The Balaban J connectivity index is 2.21. The van der Waals surface area contributed by atoms with E-state index in [0.29, 0.717) is 12.5 Å². The van der Waals surface area contributed by atoms with Gasteiger partial charge >= 0.3 is 0 Å². The molecule has 1 atom stereocenters. The van der Waals surface area contributed by atoms with Crippen LogP contribution >= 0.6 is 11.6 Å². The van der Waals surface area contributed by atoms with Crippen LogP contribution in [-0.4, -0.2) is 55.0 Å². The van der Waals surface area contributed by atoms with Gasteiger partial charge < -0.3 is 5.32 Å². The van der Waals surface area contributed by atoms with Crippen molar-refractivity contribution in [3.8, 4) is 0 Å². The van der Waals surface area contributed by atoms with Gasteiger partial charge in [0.05, 0.1) is 0 Å². The summed E-state index contributed by atoms with van der Waals surface area (Å²) in [5.74, 6) is 0.0701. The lowest BCUT2D eigenvalue weighted by Gasteiger charge is -2.41. The van der Waals surface area contributed by atoms with Crippen LogP contribution in [0.5, 0.6) is 0 Å². The molecule has 2 rings (SSSR count). The van der Waals surface area contributed by atoms with Crippen LogP contribution in [0.3, 0.4) is 0 Å². The van der Waals surface area contributed by atoms with Crippen molar-refractivity contribution in [1.82, 2.24) is 15.1 Å². The number of hydrogen-bond donors (Lipinski definition) is 1. The van der Waals surface area contributed by atoms with Crippen LogP contribution in [0.15, 0.2) is 18.2 Å². The van der Waals surface area contributed by atoms with Gasteiger partial charge in [0, 0.05) is 56.8 Å². The third kappa shape index (κ3) is 4.69. The largest absolute Gasteiger partial charge is 0.359 e. The third-order valence-corrected chi connectivity index (χ3v) is 5.01. The summed E-state index contributed by atoms with van der Waals surface area (Å²) in [5.41, 5.74) is 2.36. The zero-order valence-corrected chi connectivity index (χ0v) is 15.4. The minimum atomic E-state index is 0.0701. The molecule has 1 aromatic rings. The van der Waals surface area contributed by atoms with Gasteiger partial charge in [-0.05, 0) is 44.0 Å². The molecule has 0 radical (unpaired) electrons. The molecule has 1 aliphatic heterocycles. The van der Waals surface area contributed by atoms with Crippen LogP contribution in [0, 0.1) is 6.92 Å². The zero-order chi connectivity index (χ0) is 17.0. The Morgan fingerprint density at radius 1 is 1.22 bits per heavy atom. The van der Waals surface area contributed by atoms with Crippen LogP contribution in [0.4, 0.5) is 0 Å². The number of amides is 1. The van der Waals surface area contributed by atoms with E-state index in [0.717, 1.165) is 31.2 Å². The minimum Gasteiger partial charge on any atom is -0.359 e. The summed E-state index contributed by atoms with van der Waals surface area (Å²) < 4.78 is 0. The van der Waals surface area contributed by atoms with Gasteiger partial charge in [-0.15, -0.1) is 0 Å². The highest BCUT2D eigenvalue weighted by Gasteiger charge is 2.28. The Labute approximate surface area is 144 Å².